The Balaban J connectivity index is 1.34. The molecule has 0 saturated carbocycles. The molecule has 4 aromatic rings. The third-order valence-corrected chi connectivity index (χ3v) is 4.40. The minimum Gasteiger partial charge on any atom is -0.354 e. The van der Waals surface area contributed by atoms with Gasteiger partial charge in [0.2, 0.25) is 5.91 Å². The Morgan fingerprint density at radius 1 is 1.07 bits per heavy atom. The molecule has 1 amide bonds. The quantitative estimate of drug-likeness (QED) is 0.490. The van der Waals surface area contributed by atoms with E-state index in [1.54, 1.807) is 42.6 Å². The maximum atomic E-state index is 12.4. The molecule has 0 saturated heterocycles. The Bertz CT molecular complexity index is 1270. The maximum Gasteiger partial charge on any atom is 0.350 e. The summed E-state index contributed by atoms with van der Waals surface area (Å²) in [5.41, 5.74) is 0.717. The highest BCUT2D eigenvalue weighted by molar-refractivity contribution is 5.78. The number of para-hydroxylation sites is 1. The average molecular weight is 378 g/mol. The number of carbonyl (C=O) groups excluding carboxylic acids is 1. The first-order valence-electron chi connectivity index (χ1n) is 8.88. The molecule has 142 valence electrons. The smallest absolute Gasteiger partial charge is 0.350 e. The molecule has 0 bridgehead atoms. The second-order valence-corrected chi connectivity index (χ2v) is 6.33. The van der Waals surface area contributed by atoms with Crippen LogP contribution in [-0.2, 0) is 17.9 Å². The zero-order chi connectivity index (χ0) is 19.5. The molecular weight excluding hydrogens is 360 g/mol. The van der Waals surface area contributed by atoms with Crippen molar-refractivity contribution in [1.29, 1.82) is 0 Å². The summed E-state index contributed by atoms with van der Waals surface area (Å²) in [7, 11) is 0. The van der Waals surface area contributed by atoms with Crippen molar-refractivity contribution in [3.8, 4) is 0 Å². The summed E-state index contributed by atoms with van der Waals surface area (Å²) in [4.78, 5) is 40.9. The van der Waals surface area contributed by atoms with Gasteiger partial charge in [0.05, 0.1) is 17.2 Å². The van der Waals surface area contributed by atoms with Crippen molar-refractivity contribution >= 4 is 22.5 Å². The molecule has 0 aliphatic heterocycles. The van der Waals surface area contributed by atoms with Gasteiger partial charge in [0.25, 0.3) is 5.56 Å². The first-order valence-corrected chi connectivity index (χ1v) is 8.88. The van der Waals surface area contributed by atoms with Crippen LogP contribution in [0.15, 0.2) is 64.6 Å². The van der Waals surface area contributed by atoms with E-state index >= 15 is 0 Å². The predicted molar refractivity (Wildman–Crippen MR) is 103 cm³/mol. The first-order chi connectivity index (χ1) is 13.6. The van der Waals surface area contributed by atoms with Crippen molar-refractivity contribution in [3.63, 3.8) is 0 Å². The van der Waals surface area contributed by atoms with E-state index in [1.165, 1.54) is 20.0 Å². The number of nitrogens with one attached hydrogen (secondary N) is 1. The number of pyridine rings is 1. The van der Waals surface area contributed by atoms with E-state index in [2.05, 4.69) is 15.4 Å². The molecule has 3 heterocycles. The summed E-state index contributed by atoms with van der Waals surface area (Å²) in [6.07, 6.45) is 3.58. The minimum atomic E-state index is -0.290. The molecule has 0 unspecified atom stereocenters. The number of hydrogen-bond donors (Lipinski definition) is 1. The SMILES string of the molecule is O=C(Cn1cnc2ccccc2c1=O)NCCCn1nc2ccccn2c1=O. The normalized spacial score (nSPS) is 11.1. The van der Waals surface area contributed by atoms with Gasteiger partial charge in [0.15, 0.2) is 5.65 Å². The molecule has 1 aromatic carbocycles. The molecule has 9 nitrogen and oxygen atoms in total. The van der Waals surface area contributed by atoms with Gasteiger partial charge in [-0.3, -0.25) is 18.6 Å². The van der Waals surface area contributed by atoms with Gasteiger partial charge in [0, 0.05) is 19.3 Å². The van der Waals surface area contributed by atoms with Crippen LogP contribution in [0.4, 0.5) is 0 Å². The van der Waals surface area contributed by atoms with Crippen molar-refractivity contribution in [1.82, 2.24) is 29.0 Å². The number of benzene rings is 1. The Morgan fingerprint density at radius 3 is 2.75 bits per heavy atom. The van der Waals surface area contributed by atoms with Crippen molar-refractivity contribution in [2.75, 3.05) is 6.54 Å². The largest absolute Gasteiger partial charge is 0.354 e. The number of aryl methyl sites for hydroxylation is 1. The molecule has 0 aliphatic carbocycles. The Hall–Kier alpha value is -3.75. The van der Waals surface area contributed by atoms with Gasteiger partial charge < -0.3 is 5.32 Å². The van der Waals surface area contributed by atoms with Crippen molar-refractivity contribution in [2.24, 2.45) is 0 Å². The Kier molecular flexibility index (Phi) is 4.71. The van der Waals surface area contributed by atoms with E-state index in [1.807, 2.05) is 6.07 Å². The average Bonchev–Trinajstić information content (AvgIpc) is 3.04. The molecule has 0 atom stereocenters. The van der Waals surface area contributed by atoms with Crippen LogP contribution in [0.25, 0.3) is 16.6 Å². The highest BCUT2D eigenvalue weighted by atomic mass is 16.2. The predicted octanol–water partition coefficient (Wildman–Crippen LogP) is 0.412. The molecule has 28 heavy (non-hydrogen) atoms. The highest BCUT2D eigenvalue weighted by Crippen LogP contribution is 2.04. The molecule has 3 aromatic heterocycles. The third kappa shape index (κ3) is 3.41. The fourth-order valence-corrected chi connectivity index (χ4v) is 3.00. The summed E-state index contributed by atoms with van der Waals surface area (Å²) in [5.74, 6) is -0.290. The van der Waals surface area contributed by atoms with Crippen LogP contribution < -0.4 is 16.6 Å². The first kappa shape index (κ1) is 17.7. The standard InChI is InChI=1S/C19H18N6O3/c26-17(12-23-13-21-15-7-2-1-6-14(15)18(23)27)20-9-5-11-25-19(28)24-10-4-3-8-16(24)22-25/h1-4,6-8,10,13H,5,9,11-12H2,(H,20,26). The number of nitrogens with zero attached hydrogens (tertiary/aromatic N) is 5. The molecule has 0 fully saturated rings. The van der Waals surface area contributed by atoms with Crippen LogP contribution in [0.5, 0.6) is 0 Å². The van der Waals surface area contributed by atoms with Crippen molar-refractivity contribution < 1.29 is 4.79 Å². The molecule has 0 aliphatic rings. The van der Waals surface area contributed by atoms with Crippen molar-refractivity contribution in [3.05, 3.63) is 75.8 Å². The molecule has 4 rings (SSSR count). The Labute approximate surface area is 158 Å². The van der Waals surface area contributed by atoms with E-state index in [4.69, 9.17) is 0 Å². The van der Waals surface area contributed by atoms with Gasteiger partial charge in [0.1, 0.15) is 6.54 Å². The zero-order valence-corrected chi connectivity index (χ0v) is 15.0. The van der Waals surface area contributed by atoms with Crippen LogP contribution in [0.1, 0.15) is 6.42 Å². The molecule has 1 N–H and O–H groups in total. The lowest BCUT2D eigenvalue weighted by molar-refractivity contribution is -0.121. The van der Waals surface area contributed by atoms with Crippen molar-refractivity contribution in [2.45, 2.75) is 19.5 Å². The summed E-state index contributed by atoms with van der Waals surface area (Å²) in [5, 5.41) is 7.47. The van der Waals surface area contributed by atoms with Gasteiger partial charge in [-0.1, -0.05) is 18.2 Å². The monoisotopic (exact) mass is 378 g/mol. The number of hydrogen-bond acceptors (Lipinski definition) is 5. The summed E-state index contributed by atoms with van der Waals surface area (Å²) in [6, 6.07) is 12.3. The summed E-state index contributed by atoms with van der Waals surface area (Å²) < 4.78 is 4.13. The molecular formula is C19H18N6O3. The molecule has 0 radical (unpaired) electrons. The number of amides is 1. The summed E-state index contributed by atoms with van der Waals surface area (Å²) >= 11 is 0. The van der Waals surface area contributed by atoms with E-state index in [9.17, 15) is 14.4 Å². The minimum absolute atomic E-state index is 0.106. The number of aromatic nitrogens is 5. The lowest BCUT2D eigenvalue weighted by atomic mass is 10.2. The number of carbonyl (C=O) groups is 1. The highest BCUT2D eigenvalue weighted by Gasteiger charge is 2.08. The van der Waals surface area contributed by atoms with Crippen LogP contribution in [0, 0.1) is 0 Å². The van der Waals surface area contributed by atoms with Gasteiger partial charge in [-0.05, 0) is 30.7 Å². The lowest BCUT2D eigenvalue weighted by Crippen LogP contribution is -2.33. The van der Waals surface area contributed by atoms with E-state index in [0.717, 1.165) is 0 Å². The van der Waals surface area contributed by atoms with E-state index in [-0.39, 0.29) is 23.7 Å². The third-order valence-electron chi connectivity index (χ3n) is 4.40. The van der Waals surface area contributed by atoms with Gasteiger partial charge >= 0.3 is 5.69 Å². The van der Waals surface area contributed by atoms with E-state index in [0.29, 0.717) is 36.1 Å². The second-order valence-electron chi connectivity index (χ2n) is 6.33. The van der Waals surface area contributed by atoms with Gasteiger partial charge in [-0.2, -0.15) is 0 Å². The Morgan fingerprint density at radius 2 is 1.89 bits per heavy atom. The lowest BCUT2D eigenvalue weighted by Gasteiger charge is -2.08. The fraction of sp³-hybridized carbons (Fsp3) is 0.211. The topological polar surface area (TPSA) is 103 Å². The maximum absolute atomic E-state index is 12.4. The van der Waals surface area contributed by atoms with E-state index < -0.39 is 0 Å². The number of rotatable bonds is 6. The number of fused-ring (bicyclic) bond motifs is 2. The van der Waals surface area contributed by atoms with Gasteiger partial charge in [-0.25, -0.2) is 14.5 Å². The van der Waals surface area contributed by atoms with Crippen LogP contribution in [-0.4, -0.2) is 36.2 Å². The molecule has 9 heteroatoms. The second kappa shape index (κ2) is 7.47. The van der Waals surface area contributed by atoms with Crippen LogP contribution >= 0.6 is 0 Å². The molecule has 0 spiro atoms. The van der Waals surface area contributed by atoms with Crippen LogP contribution in [0.2, 0.25) is 0 Å². The summed E-state index contributed by atoms with van der Waals surface area (Å²) in [6.45, 7) is 0.651. The van der Waals surface area contributed by atoms with Gasteiger partial charge in [-0.15, -0.1) is 5.10 Å². The van der Waals surface area contributed by atoms with Crippen LogP contribution in [0.3, 0.4) is 0 Å². The fourth-order valence-electron chi connectivity index (χ4n) is 3.00. The zero-order valence-electron chi connectivity index (χ0n) is 15.0.